The summed E-state index contributed by atoms with van der Waals surface area (Å²) in [6.07, 6.45) is 6.07. The van der Waals surface area contributed by atoms with Gasteiger partial charge in [0.15, 0.2) is 0 Å². The lowest BCUT2D eigenvalue weighted by atomic mass is 9.90. The molecule has 1 saturated heterocycles. The maximum absolute atomic E-state index is 6.86. The number of allylic oxidation sites excluding steroid dienone is 2. The van der Waals surface area contributed by atoms with Gasteiger partial charge in [-0.2, -0.15) is 0 Å². The lowest BCUT2D eigenvalue weighted by molar-refractivity contribution is 0.00578. The Balaban J connectivity index is 1.77. The Morgan fingerprint density at radius 1 is 0.812 bits per heavy atom. The molecule has 0 bridgehead atoms. The second kappa shape index (κ2) is 9.52. The van der Waals surface area contributed by atoms with Gasteiger partial charge in [0.2, 0.25) is 0 Å². The Kier molecular flexibility index (Phi) is 7.35. The van der Waals surface area contributed by atoms with Gasteiger partial charge in [-0.25, -0.2) is 0 Å². The van der Waals surface area contributed by atoms with Crippen molar-refractivity contribution in [2.24, 2.45) is 0 Å². The fraction of sp³-hybridized carbons (Fsp3) is 0.407. The minimum atomic E-state index is -2.50. The third-order valence-corrected chi connectivity index (χ3v) is 11.6. The van der Waals surface area contributed by atoms with Crippen molar-refractivity contribution in [2.75, 3.05) is 6.61 Å². The van der Waals surface area contributed by atoms with Gasteiger partial charge < -0.3 is 13.7 Å². The molecule has 2 aromatic carbocycles. The summed E-state index contributed by atoms with van der Waals surface area (Å²) in [5.74, 6) is 1.95. The minimum Gasteiger partial charge on any atom is -0.404 e. The second-order valence-corrected chi connectivity index (χ2v) is 14.7. The van der Waals surface area contributed by atoms with Crippen LogP contribution in [0.1, 0.15) is 48.5 Å². The summed E-state index contributed by atoms with van der Waals surface area (Å²) in [6.45, 7) is 15.7. The van der Waals surface area contributed by atoms with Crippen LogP contribution in [0.4, 0.5) is 0 Å². The molecule has 0 aliphatic carbocycles. The van der Waals surface area contributed by atoms with Gasteiger partial charge in [-0.3, -0.25) is 0 Å². The molecule has 0 spiro atoms. The van der Waals surface area contributed by atoms with E-state index >= 15 is 0 Å². The molecular formula is C27H37BO3Si. The van der Waals surface area contributed by atoms with Crippen LogP contribution in [0, 0.1) is 0 Å². The van der Waals surface area contributed by atoms with E-state index in [0.29, 0.717) is 6.61 Å². The maximum atomic E-state index is 6.86. The number of hydrogen-bond acceptors (Lipinski definition) is 3. The minimum absolute atomic E-state index is 0.0257. The summed E-state index contributed by atoms with van der Waals surface area (Å²) >= 11 is 0. The summed E-state index contributed by atoms with van der Waals surface area (Å²) in [4.78, 5) is 0. The molecule has 32 heavy (non-hydrogen) atoms. The van der Waals surface area contributed by atoms with E-state index < -0.39 is 8.32 Å². The van der Waals surface area contributed by atoms with Crippen molar-refractivity contribution in [3.05, 3.63) is 84.9 Å². The summed E-state index contributed by atoms with van der Waals surface area (Å²) in [6, 6.07) is 21.4. The lowest BCUT2D eigenvalue weighted by Crippen LogP contribution is -2.66. The average Bonchev–Trinajstić information content (AvgIpc) is 2.94. The van der Waals surface area contributed by atoms with Gasteiger partial charge in [0.1, 0.15) is 0 Å². The van der Waals surface area contributed by atoms with Crippen LogP contribution in [0.5, 0.6) is 0 Å². The highest BCUT2D eigenvalue weighted by molar-refractivity contribution is 6.99. The van der Waals surface area contributed by atoms with Gasteiger partial charge in [-0.05, 0) is 43.1 Å². The average molecular weight is 448 g/mol. The monoisotopic (exact) mass is 448 g/mol. The van der Waals surface area contributed by atoms with E-state index in [9.17, 15) is 0 Å². The molecule has 0 aromatic heterocycles. The number of benzene rings is 2. The van der Waals surface area contributed by atoms with Crippen LogP contribution in [0.3, 0.4) is 0 Å². The first-order valence-electron chi connectivity index (χ1n) is 11.4. The van der Waals surface area contributed by atoms with Crippen molar-refractivity contribution in [1.82, 2.24) is 0 Å². The molecule has 0 amide bonds. The molecule has 3 rings (SSSR count). The van der Waals surface area contributed by atoms with Crippen LogP contribution in [0.25, 0.3) is 0 Å². The van der Waals surface area contributed by atoms with E-state index in [-0.39, 0.29) is 23.4 Å². The van der Waals surface area contributed by atoms with Crippen molar-refractivity contribution in [2.45, 2.75) is 64.7 Å². The first-order chi connectivity index (χ1) is 15.0. The van der Waals surface area contributed by atoms with Crippen molar-refractivity contribution in [3.8, 4) is 0 Å². The summed E-state index contributed by atoms with van der Waals surface area (Å²) < 4.78 is 18.9. The fourth-order valence-electron chi connectivity index (χ4n) is 4.19. The second-order valence-electron chi connectivity index (χ2n) is 10.4. The van der Waals surface area contributed by atoms with Gasteiger partial charge in [0.25, 0.3) is 8.32 Å². The van der Waals surface area contributed by atoms with Gasteiger partial charge in [0, 0.05) is 0 Å². The van der Waals surface area contributed by atoms with Crippen LogP contribution in [-0.2, 0) is 13.7 Å². The van der Waals surface area contributed by atoms with Gasteiger partial charge in [0.05, 0.1) is 17.8 Å². The number of rotatable bonds is 7. The molecule has 1 fully saturated rings. The van der Waals surface area contributed by atoms with Crippen molar-refractivity contribution in [1.29, 1.82) is 0 Å². The van der Waals surface area contributed by atoms with Gasteiger partial charge in [-0.15, -0.1) is 0 Å². The van der Waals surface area contributed by atoms with Crippen LogP contribution >= 0.6 is 0 Å². The third-order valence-electron chi connectivity index (χ3n) is 6.60. The first-order valence-corrected chi connectivity index (χ1v) is 13.3. The molecule has 170 valence electrons. The highest BCUT2D eigenvalue weighted by atomic mass is 28.4. The molecule has 0 N–H and O–H groups in total. The van der Waals surface area contributed by atoms with Crippen LogP contribution in [0.15, 0.2) is 84.9 Å². The van der Waals surface area contributed by atoms with Gasteiger partial charge in [-0.1, -0.05) is 106 Å². The molecule has 1 aliphatic rings. The van der Waals surface area contributed by atoms with E-state index in [2.05, 4.69) is 115 Å². The molecule has 3 nitrogen and oxygen atoms in total. The highest BCUT2D eigenvalue weighted by Crippen LogP contribution is 2.37. The molecule has 0 saturated carbocycles. The van der Waals surface area contributed by atoms with Crippen molar-refractivity contribution in [3.63, 3.8) is 0 Å². The zero-order valence-corrected chi connectivity index (χ0v) is 21.6. The molecule has 5 heteroatoms. The lowest BCUT2D eigenvalue weighted by Gasteiger charge is -2.42. The molecule has 0 unspecified atom stereocenters. The molecule has 2 aromatic rings. The zero-order chi connectivity index (χ0) is 23.5. The fourth-order valence-corrected chi connectivity index (χ4v) is 8.69. The molecule has 0 radical (unpaired) electrons. The maximum Gasteiger partial charge on any atom is 0.487 e. The topological polar surface area (TPSA) is 27.7 Å². The Hall–Kier alpha value is -1.92. The molecular weight excluding hydrogens is 411 g/mol. The molecule has 1 aliphatic heterocycles. The molecule has 0 atom stereocenters. The van der Waals surface area contributed by atoms with Crippen LogP contribution in [0.2, 0.25) is 5.04 Å². The quantitative estimate of drug-likeness (QED) is 0.425. The van der Waals surface area contributed by atoms with Gasteiger partial charge >= 0.3 is 7.12 Å². The van der Waals surface area contributed by atoms with Crippen LogP contribution in [-0.4, -0.2) is 33.2 Å². The van der Waals surface area contributed by atoms with E-state index in [0.717, 1.165) is 0 Å². The Morgan fingerprint density at radius 3 is 1.72 bits per heavy atom. The van der Waals surface area contributed by atoms with E-state index in [1.807, 2.05) is 18.1 Å². The molecule has 1 heterocycles. The van der Waals surface area contributed by atoms with Crippen molar-refractivity contribution >= 4 is 25.8 Å². The largest absolute Gasteiger partial charge is 0.487 e. The zero-order valence-electron chi connectivity index (χ0n) is 20.6. The predicted molar refractivity (Wildman–Crippen MR) is 138 cm³/mol. The normalized spacial score (nSPS) is 18.7. The summed E-state index contributed by atoms with van der Waals surface area (Å²) in [5.41, 5.74) is -0.643. The third kappa shape index (κ3) is 5.02. The highest BCUT2D eigenvalue weighted by Gasteiger charge is 2.50. The van der Waals surface area contributed by atoms with E-state index in [1.165, 1.54) is 10.4 Å². The summed E-state index contributed by atoms with van der Waals surface area (Å²) in [5, 5.41) is 2.56. The van der Waals surface area contributed by atoms with Crippen molar-refractivity contribution < 1.29 is 13.7 Å². The first kappa shape index (κ1) is 24.7. The Labute approximate surface area is 195 Å². The Morgan fingerprint density at radius 2 is 1.28 bits per heavy atom. The predicted octanol–water partition coefficient (Wildman–Crippen LogP) is 5.31. The smallest absolute Gasteiger partial charge is 0.404 e. The van der Waals surface area contributed by atoms with E-state index in [1.54, 1.807) is 0 Å². The standard InChI is InChI=1S/C27H37BO3Si/c1-25(2,3)32(23-17-11-8-12-18-23,24-19-13-9-14-20-24)29-22-16-10-15-21-28-30-26(4,5)27(6,7)31-28/h8-21H,22H2,1-7H3/b16-10+,21-15-. The SMILES string of the molecule is CC1(C)OB(/C=C\C=C\CO[Si](c2ccccc2)(c2ccccc2)C(C)(C)C)OC1(C)C. The summed E-state index contributed by atoms with van der Waals surface area (Å²) in [7, 11) is -2.83. The van der Waals surface area contributed by atoms with E-state index in [4.69, 9.17) is 13.7 Å². The number of hydrogen-bond donors (Lipinski definition) is 0. The van der Waals surface area contributed by atoms with Crippen LogP contribution < -0.4 is 10.4 Å². The Bertz CT molecular complexity index is 875.